The molecule has 0 aromatic heterocycles. The average molecular weight is 265 g/mol. The van der Waals surface area contributed by atoms with Gasteiger partial charge in [-0.2, -0.15) is 11.8 Å². The van der Waals surface area contributed by atoms with E-state index < -0.39 is 0 Å². The smallest absolute Gasteiger partial charge is 0.0322 e. The first-order valence-electron chi connectivity index (χ1n) is 7.01. The zero-order valence-corrected chi connectivity index (χ0v) is 12.8. The largest absolute Gasteiger partial charge is 0.310 e. The van der Waals surface area contributed by atoms with E-state index in [1.807, 2.05) is 11.8 Å². The Bertz CT molecular complexity index is 297. The van der Waals surface area contributed by atoms with Crippen LogP contribution in [-0.4, -0.2) is 18.6 Å². The summed E-state index contributed by atoms with van der Waals surface area (Å²) in [6, 6.07) is 11.4. The SMILES string of the molecule is CSCCCCNC(CC(C)C)c1ccccc1. The van der Waals surface area contributed by atoms with Gasteiger partial charge < -0.3 is 5.32 Å². The van der Waals surface area contributed by atoms with Crippen LogP contribution in [0.5, 0.6) is 0 Å². The molecule has 0 aliphatic carbocycles. The van der Waals surface area contributed by atoms with Gasteiger partial charge in [0.2, 0.25) is 0 Å². The molecular weight excluding hydrogens is 238 g/mol. The van der Waals surface area contributed by atoms with Gasteiger partial charge >= 0.3 is 0 Å². The summed E-state index contributed by atoms with van der Waals surface area (Å²) >= 11 is 1.94. The van der Waals surface area contributed by atoms with Crippen molar-refractivity contribution in [3.05, 3.63) is 35.9 Å². The van der Waals surface area contributed by atoms with Gasteiger partial charge in [0.05, 0.1) is 0 Å². The van der Waals surface area contributed by atoms with Gasteiger partial charge in [0.1, 0.15) is 0 Å². The fourth-order valence-electron chi connectivity index (χ4n) is 2.14. The summed E-state index contributed by atoms with van der Waals surface area (Å²) in [4.78, 5) is 0. The highest BCUT2D eigenvalue weighted by molar-refractivity contribution is 7.98. The molecule has 18 heavy (non-hydrogen) atoms. The van der Waals surface area contributed by atoms with Gasteiger partial charge in [-0.15, -0.1) is 0 Å². The van der Waals surface area contributed by atoms with E-state index in [4.69, 9.17) is 0 Å². The summed E-state index contributed by atoms with van der Waals surface area (Å²) in [5.74, 6) is 2.01. The molecule has 0 fully saturated rings. The third kappa shape index (κ3) is 6.46. The minimum atomic E-state index is 0.514. The molecule has 1 N–H and O–H groups in total. The van der Waals surface area contributed by atoms with Crippen LogP contribution in [0.25, 0.3) is 0 Å². The van der Waals surface area contributed by atoms with E-state index in [1.165, 1.54) is 30.6 Å². The van der Waals surface area contributed by atoms with E-state index in [2.05, 4.69) is 55.8 Å². The Morgan fingerprint density at radius 2 is 1.83 bits per heavy atom. The molecule has 1 aromatic carbocycles. The van der Waals surface area contributed by atoms with E-state index >= 15 is 0 Å². The van der Waals surface area contributed by atoms with Crippen LogP contribution in [0.15, 0.2) is 30.3 Å². The fourth-order valence-corrected chi connectivity index (χ4v) is 2.63. The molecule has 1 nitrogen and oxygen atoms in total. The Morgan fingerprint density at radius 1 is 1.11 bits per heavy atom. The predicted octanol–water partition coefficient (Wildman–Crippen LogP) is 4.51. The van der Waals surface area contributed by atoms with Gasteiger partial charge in [0.25, 0.3) is 0 Å². The van der Waals surface area contributed by atoms with Gasteiger partial charge in [0.15, 0.2) is 0 Å². The Hall–Kier alpha value is -0.470. The summed E-state index contributed by atoms with van der Waals surface area (Å²) in [7, 11) is 0. The lowest BCUT2D eigenvalue weighted by atomic mass is 9.97. The lowest BCUT2D eigenvalue weighted by molar-refractivity contribution is 0.426. The van der Waals surface area contributed by atoms with Crippen molar-refractivity contribution in [1.29, 1.82) is 0 Å². The number of nitrogens with one attached hydrogen (secondary N) is 1. The highest BCUT2D eigenvalue weighted by atomic mass is 32.2. The number of benzene rings is 1. The first-order valence-corrected chi connectivity index (χ1v) is 8.40. The molecule has 0 aliphatic rings. The van der Waals surface area contributed by atoms with Gasteiger partial charge in [0, 0.05) is 6.04 Å². The normalized spacial score (nSPS) is 12.9. The molecule has 0 radical (unpaired) electrons. The van der Waals surface area contributed by atoms with Crippen molar-refractivity contribution in [2.24, 2.45) is 5.92 Å². The van der Waals surface area contributed by atoms with E-state index in [0.29, 0.717) is 6.04 Å². The third-order valence-corrected chi connectivity index (χ3v) is 3.77. The Labute approximate surface area is 117 Å². The number of thioether (sulfide) groups is 1. The Kier molecular flexibility index (Phi) is 8.19. The van der Waals surface area contributed by atoms with Crippen molar-refractivity contribution in [1.82, 2.24) is 5.32 Å². The fraction of sp³-hybridized carbons (Fsp3) is 0.625. The van der Waals surface area contributed by atoms with Crippen LogP contribution in [0.2, 0.25) is 0 Å². The summed E-state index contributed by atoms with van der Waals surface area (Å²) in [6.45, 7) is 5.73. The molecule has 0 saturated heterocycles. The van der Waals surface area contributed by atoms with Crippen molar-refractivity contribution in [2.45, 2.75) is 39.2 Å². The van der Waals surface area contributed by atoms with Crippen molar-refractivity contribution in [2.75, 3.05) is 18.6 Å². The second-order valence-electron chi connectivity index (χ2n) is 5.25. The van der Waals surface area contributed by atoms with Gasteiger partial charge in [-0.25, -0.2) is 0 Å². The monoisotopic (exact) mass is 265 g/mol. The van der Waals surface area contributed by atoms with Crippen LogP contribution in [0.4, 0.5) is 0 Å². The number of hydrogen-bond donors (Lipinski definition) is 1. The second-order valence-corrected chi connectivity index (χ2v) is 6.23. The molecule has 2 heteroatoms. The summed E-state index contributed by atoms with van der Waals surface area (Å²) in [5, 5.41) is 3.72. The van der Waals surface area contributed by atoms with Crippen LogP contribution >= 0.6 is 11.8 Å². The first kappa shape index (κ1) is 15.6. The number of unbranched alkanes of at least 4 members (excludes halogenated alkanes) is 1. The highest BCUT2D eigenvalue weighted by Gasteiger charge is 2.11. The molecule has 102 valence electrons. The molecule has 1 atom stereocenters. The molecule has 0 saturated carbocycles. The van der Waals surface area contributed by atoms with Crippen molar-refractivity contribution in [3.8, 4) is 0 Å². The first-order chi connectivity index (χ1) is 8.74. The average Bonchev–Trinajstić information content (AvgIpc) is 2.38. The zero-order valence-electron chi connectivity index (χ0n) is 12.0. The predicted molar refractivity (Wildman–Crippen MR) is 84.3 cm³/mol. The summed E-state index contributed by atoms with van der Waals surface area (Å²) in [6.07, 6.45) is 5.99. The quantitative estimate of drug-likeness (QED) is 0.659. The Balaban J connectivity index is 2.41. The number of hydrogen-bond acceptors (Lipinski definition) is 2. The maximum Gasteiger partial charge on any atom is 0.0322 e. The van der Waals surface area contributed by atoms with Crippen LogP contribution in [0.1, 0.15) is 44.7 Å². The van der Waals surface area contributed by atoms with Gasteiger partial charge in [-0.05, 0) is 49.3 Å². The van der Waals surface area contributed by atoms with E-state index in [1.54, 1.807) is 0 Å². The standard InChI is InChI=1S/C16H27NS/c1-14(2)13-16(15-9-5-4-6-10-15)17-11-7-8-12-18-3/h4-6,9-10,14,16-17H,7-8,11-13H2,1-3H3. The molecule has 1 unspecified atom stereocenters. The Morgan fingerprint density at radius 3 is 2.44 bits per heavy atom. The second kappa shape index (κ2) is 9.46. The lowest BCUT2D eigenvalue weighted by Gasteiger charge is -2.21. The topological polar surface area (TPSA) is 12.0 Å². The molecular formula is C16H27NS. The third-order valence-electron chi connectivity index (χ3n) is 3.08. The molecule has 0 spiro atoms. The summed E-state index contributed by atoms with van der Waals surface area (Å²) < 4.78 is 0. The van der Waals surface area contributed by atoms with Crippen molar-refractivity contribution in [3.63, 3.8) is 0 Å². The molecule has 0 amide bonds. The van der Waals surface area contributed by atoms with E-state index in [0.717, 1.165) is 12.5 Å². The van der Waals surface area contributed by atoms with E-state index in [-0.39, 0.29) is 0 Å². The maximum absolute atomic E-state index is 3.72. The molecule has 0 bridgehead atoms. The molecule has 1 aromatic rings. The lowest BCUT2D eigenvalue weighted by Crippen LogP contribution is -2.24. The minimum absolute atomic E-state index is 0.514. The van der Waals surface area contributed by atoms with Crippen molar-refractivity contribution >= 4 is 11.8 Å². The van der Waals surface area contributed by atoms with Crippen LogP contribution in [0, 0.1) is 5.92 Å². The molecule has 1 rings (SSSR count). The zero-order chi connectivity index (χ0) is 13.2. The highest BCUT2D eigenvalue weighted by Crippen LogP contribution is 2.20. The van der Waals surface area contributed by atoms with Crippen LogP contribution in [0.3, 0.4) is 0 Å². The minimum Gasteiger partial charge on any atom is -0.310 e. The van der Waals surface area contributed by atoms with Gasteiger partial charge in [-0.3, -0.25) is 0 Å². The van der Waals surface area contributed by atoms with Crippen LogP contribution < -0.4 is 5.32 Å². The summed E-state index contributed by atoms with van der Waals surface area (Å²) in [5.41, 5.74) is 1.43. The maximum atomic E-state index is 3.72. The van der Waals surface area contributed by atoms with Crippen molar-refractivity contribution < 1.29 is 0 Å². The van der Waals surface area contributed by atoms with E-state index in [9.17, 15) is 0 Å². The molecule has 0 aliphatic heterocycles. The number of rotatable bonds is 9. The molecule has 0 heterocycles. The van der Waals surface area contributed by atoms with Gasteiger partial charge in [-0.1, -0.05) is 44.2 Å². The van der Waals surface area contributed by atoms with Crippen LogP contribution in [-0.2, 0) is 0 Å².